The molecule has 1 aliphatic rings. The van der Waals surface area contributed by atoms with Gasteiger partial charge in [0.25, 0.3) is 0 Å². The van der Waals surface area contributed by atoms with Crippen LogP contribution < -0.4 is 5.73 Å². The molecule has 0 aromatic rings. The third kappa shape index (κ3) is 4.49. The molecule has 4 heteroatoms. The molecule has 1 heterocycles. The predicted molar refractivity (Wildman–Crippen MR) is 64.1 cm³/mol. The van der Waals surface area contributed by atoms with Crippen molar-refractivity contribution in [1.29, 1.82) is 0 Å². The van der Waals surface area contributed by atoms with Crippen molar-refractivity contribution in [2.24, 2.45) is 11.7 Å². The van der Waals surface area contributed by atoms with E-state index < -0.39 is 6.04 Å². The van der Waals surface area contributed by atoms with Gasteiger partial charge in [0, 0.05) is 0 Å². The smallest absolute Gasteiger partial charge is 0.322 e. The van der Waals surface area contributed by atoms with E-state index in [0.29, 0.717) is 0 Å². The van der Waals surface area contributed by atoms with Crippen LogP contribution in [0.3, 0.4) is 0 Å². The van der Waals surface area contributed by atoms with Gasteiger partial charge in [-0.15, -0.1) is 0 Å². The molecule has 0 bridgehead atoms. The molecule has 94 valence electrons. The number of nitrogens with zero attached hydrogens (tertiary/aromatic N) is 1. The van der Waals surface area contributed by atoms with Crippen molar-refractivity contribution in [3.63, 3.8) is 0 Å². The molecule has 1 atom stereocenters. The largest absolute Gasteiger partial charge is 0.468 e. The molecule has 0 aromatic heterocycles. The summed E-state index contributed by atoms with van der Waals surface area (Å²) in [5.41, 5.74) is 5.68. The van der Waals surface area contributed by atoms with Crippen molar-refractivity contribution in [2.75, 3.05) is 27.2 Å². The molecule has 1 fully saturated rings. The maximum atomic E-state index is 11.1. The lowest BCUT2D eigenvalue weighted by Crippen LogP contribution is -2.32. The summed E-state index contributed by atoms with van der Waals surface area (Å²) < 4.78 is 4.60. The number of esters is 1. The van der Waals surface area contributed by atoms with E-state index in [1.54, 1.807) is 0 Å². The third-order valence-electron chi connectivity index (χ3n) is 3.47. The fourth-order valence-corrected chi connectivity index (χ4v) is 2.25. The number of methoxy groups -OCH3 is 1. The average Bonchev–Trinajstić information content (AvgIpc) is 2.30. The van der Waals surface area contributed by atoms with Gasteiger partial charge in [-0.25, -0.2) is 0 Å². The molecule has 0 spiro atoms. The first kappa shape index (κ1) is 13.5. The summed E-state index contributed by atoms with van der Waals surface area (Å²) in [5.74, 6) is 0.532. The van der Waals surface area contributed by atoms with Crippen molar-refractivity contribution >= 4 is 5.97 Å². The van der Waals surface area contributed by atoms with Crippen LogP contribution in [-0.2, 0) is 9.53 Å². The molecule has 1 rings (SSSR count). The molecular weight excluding hydrogens is 204 g/mol. The molecule has 0 aromatic carbocycles. The third-order valence-corrected chi connectivity index (χ3v) is 3.47. The quantitative estimate of drug-likeness (QED) is 0.713. The summed E-state index contributed by atoms with van der Waals surface area (Å²) in [7, 11) is 3.56. The number of hydrogen-bond donors (Lipinski definition) is 1. The molecule has 2 N–H and O–H groups in total. The zero-order valence-corrected chi connectivity index (χ0v) is 10.4. The van der Waals surface area contributed by atoms with Gasteiger partial charge in [0.05, 0.1) is 7.11 Å². The number of likely N-dealkylation sites (tertiary alicyclic amines) is 1. The predicted octanol–water partition coefficient (Wildman–Crippen LogP) is 0.999. The molecular formula is C12H24N2O2. The molecule has 4 nitrogen and oxygen atoms in total. The highest BCUT2D eigenvalue weighted by atomic mass is 16.5. The minimum atomic E-state index is -0.434. The van der Waals surface area contributed by atoms with Gasteiger partial charge < -0.3 is 15.4 Å². The van der Waals surface area contributed by atoms with Crippen LogP contribution in [0.25, 0.3) is 0 Å². The summed E-state index contributed by atoms with van der Waals surface area (Å²) in [4.78, 5) is 13.5. The fourth-order valence-electron chi connectivity index (χ4n) is 2.25. The summed E-state index contributed by atoms with van der Waals surface area (Å²) in [6.07, 6.45) is 5.54. The maximum absolute atomic E-state index is 11.1. The van der Waals surface area contributed by atoms with E-state index in [2.05, 4.69) is 16.7 Å². The van der Waals surface area contributed by atoms with Gasteiger partial charge >= 0.3 is 5.97 Å². The first-order valence-electron chi connectivity index (χ1n) is 6.15. The Hall–Kier alpha value is -0.610. The van der Waals surface area contributed by atoms with Gasteiger partial charge in [0.2, 0.25) is 0 Å². The Labute approximate surface area is 98.1 Å². The van der Waals surface area contributed by atoms with Crippen LogP contribution in [0.2, 0.25) is 0 Å². The van der Waals surface area contributed by atoms with E-state index in [1.807, 2.05) is 0 Å². The van der Waals surface area contributed by atoms with E-state index in [-0.39, 0.29) is 5.97 Å². The first-order valence-corrected chi connectivity index (χ1v) is 6.15. The highest BCUT2D eigenvalue weighted by molar-refractivity contribution is 5.75. The summed E-state index contributed by atoms with van der Waals surface area (Å²) in [5, 5.41) is 0. The van der Waals surface area contributed by atoms with Gasteiger partial charge in [-0.3, -0.25) is 4.79 Å². The Morgan fingerprint density at radius 1 is 1.50 bits per heavy atom. The molecule has 1 saturated heterocycles. The van der Waals surface area contributed by atoms with Crippen molar-refractivity contribution in [3.8, 4) is 0 Å². The van der Waals surface area contributed by atoms with Crippen LogP contribution in [0.1, 0.15) is 32.1 Å². The summed E-state index contributed by atoms with van der Waals surface area (Å²) in [6, 6.07) is -0.434. The average molecular weight is 228 g/mol. The lowest BCUT2D eigenvalue weighted by molar-refractivity contribution is -0.142. The van der Waals surface area contributed by atoms with Crippen molar-refractivity contribution in [2.45, 2.75) is 38.1 Å². The van der Waals surface area contributed by atoms with Gasteiger partial charge in [-0.1, -0.05) is 12.8 Å². The lowest BCUT2D eigenvalue weighted by Gasteiger charge is -2.29. The van der Waals surface area contributed by atoms with Gasteiger partial charge in [0.1, 0.15) is 6.04 Å². The van der Waals surface area contributed by atoms with E-state index in [9.17, 15) is 4.79 Å². The molecule has 1 aliphatic heterocycles. The fraction of sp³-hybridized carbons (Fsp3) is 0.917. The normalized spacial score (nSPS) is 20.7. The Morgan fingerprint density at radius 3 is 2.69 bits per heavy atom. The Bertz CT molecular complexity index is 213. The second-order valence-corrected chi connectivity index (χ2v) is 4.81. The number of carbonyl (C=O) groups excluding carboxylic acids is 1. The number of piperidine rings is 1. The van der Waals surface area contributed by atoms with Crippen LogP contribution in [-0.4, -0.2) is 44.2 Å². The van der Waals surface area contributed by atoms with Crippen molar-refractivity contribution in [3.05, 3.63) is 0 Å². The molecule has 0 amide bonds. The topological polar surface area (TPSA) is 55.6 Å². The SMILES string of the molecule is COC(=O)C(N)CCCC1CCN(C)CC1. The van der Waals surface area contributed by atoms with Crippen LogP contribution >= 0.6 is 0 Å². The van der Waals surface area contributed by atoms with Crippen LogP contribution in [0.4, 0.5) is 0 Å². The standard InChI is InChI=1S/C12H24N2O2/c1-14-8-6-10(7-9-14)4-3-5-11(13)12(15)16-2/h10-11H,3-9,13H2,1-2H3. The van der Waals surface area contributed by atoms with E-state index in [1.165, 1.54) is 39.5 Å². The number of ether oxygens (including phenoxy) is 1. The molecule has 0 aliphatic carbocycles. The number of hydrogen-bond acceptors (Lipinski definition) is 4. The second kappa shape index (κ2) is 6.86. The maximum Gasteiger partial charge on any atom is 0.322 e. The molecule has 0 saturated carbocycles. The zero-order valence-electron chi connectivity index (χ0n) is 10.4. The number of nitrogens with two attached hydrogens (primary N) is 1. The summed E-state index contributed by atoms with van der Waals surface area (Å²) in [6.45, 7) is 2.40. The van der Waals surface area contributed by atoms with Crippen molar-refractivity contribution in [1.82, 2.24) is 4.90 Å². The minimum Gasteiger partial charge on any atom is -0.468 e. The monoisotopic (exact) mass is 228 g/mol. The Balaban J connectivity index is 2.09. The molecule has 0 radical (unpaired) electrons. The minimum absolute atomic E-state index is 0.289. The van der Waals surface area contributed by atoms with Gasteiger partial charge in [0.15, 0.2) is 0 Å². The summed E-state index contributed by atoms with van der Waals surface area (Å²) >= 11 is 0. The Morgan fingerprint density at radius 2 is 2.12 bits per heavy atom. The van der Waals surface area contributed by atoms with Crippen molar-refractivity contribution < 1.29 is 9.53 Å². The number of carbonyl (C=O) groups is 1. The highest BCUT2D eigenvalue weighted by Crippen LogP contribution is 2.21. The molecule has 1 unspecified atom stereocenters. The van der Waals surface area contributed by atoms with Crippen LogP contribution in [0.5, 0.6) is 0 Å². The van der Waals surface area contributed by atoms with Crippen LogP contribution in [0, 0.1) is 5.92 Å². The Kier molecular flexibility index (Phi) is 5.77. The second-order valence-electron chi connectivity index (χ2n) is 4.81. The van der Waals surface area contributed by atoms with E-state index in [0.717, 1.165) is 18.8 Å². The van der Waals surface area contributed by atoms with Gasteiger partial charge in [-0.05, 0) is 45.3 Å². The van der Waals surface area contributed by atoms with E-state index >= 15 is 0 Å². The van der Waals surface area contributed by atoms with E-state index in [4.69, 9.17) is 5.73 Å². The highest BCUT2D eigenvalue weighted by Gasteiger charge is 2.18. The zero-order chi connectivity index (χ0) is 12.0. The first-order chi connectivity index (χ1) is 7.63. The van der Waals surface area contributed by atoms with Gasteiger partial charge in [-0.2, -0.15) is 0 Å². The number of rotatable bonds is 5. The van der Waals surface area contributed by atoms with Crippen LogP contribution in [0.15, 0.2) is 0 Å². The lowest BCUT2D eigenvalue weighted by atomic mass is 9.91. The molecule has 16 heavy (non-hydrogen) atoms.